The van der Waals surface area contributed by atoms with E-state index in [2.05, 4.69) is 5.10 Å². The number of aliphatic carboxylic acids is 1. The number of hydrogen-bond donors (Lipinski definition) is 1. The van der Waals surface area contributed by atoms with Gasteiger partial charge >= 0.3 is 5.97 Å². The fraction of sp³-hybridized carbons (Fsp3) is 0.688. The molecule has 2 aliphatic rings. The zero-order valence-corrected chi connectivity index (χ0v) is 13.4. The highest BCUT2D eigenvalue weighted by atomic mass is 16.5. The predicted molar refractivity (Wildman–Crippen MR) is 81.8 cm³/mol. The lowest BCUT2D eigenvalue weighted by Crippen LogP contribution is -2.43. The molecular formula is C16H23N3O4. The molecule has 1 N–H and O–H groups in total. The van der Waals surface area contributed by atoms with Crippen molar-refractivity contribution in [2.24, 2.45) is 5.92 Å². The van der Waals surface area contributed by atoms with Crippen LogP contribution in [-0.2, 0) is 20.9 Å². The van der Waals surface area contributed by atoms with Crippen molar-refractivity contribution in [1.82, 2.24) is 14.7 Å². The standard InChI is InChI=1S/C16H23N3O4/c1-11-4-7-17-19(11)10-15(20)18-8-5-12(6-9-18)13-2-3-14(23-13)16(21)22/h4,7,12-14H,2-3,5-6,8-10H2,1H3,(H,21,22)/t13-,14+/m0/s1. The van der Waals surface area contributed by atoms with Crippen LogP contribution >= 0.6 is 0 Å². The average Bonchev–Trinajstić information content (AvgIpc) is 3.17. The Morgan fingerprint density at radius 2 is 2.04 bits per heavy atom. The zero-order valence-electron chi connectivity index (χ0n) is 13.4. The summed E-state index contributed by atoms with van der Waals surface area (Å²) in [5, 5.41) is 13.1. The molecule has 0 aromatic carbocycles. The van der Waals surface area contributed by atoms with Crippen molar-refractivity contribution in [2.45, 2.75) is 51.4 Å². The van der Waals surface area contributed by atoms with Crippen molar-refractivity contribution in [3.8, 4) is 0 Å². The molecule has 2 aliphatic heterocycles. The van der Waals surface area contributed by atoms with Crippen LogP contribution in [0.4, 0.5) is 0 Å². The number of amides is 1. The van der Waals surface area contributed by atoms with Crippen molar-refractivity contribution < 1.29 is 19.4 Å². The van der Waals surface area contributed by atoms with Gasteiger partial charge in [-0.2, -0.15) is 5.10 Å². The van der Waals surface area contributed by atoms with Crippen LogP contribution in [-0.4, -0.2) is 57.0 Å². The van der Waals surface area contributed by atoms with Gasteiger partial charge in [0.25, 0.3) is 0 Å². The molecule has 0 saturated carbocycles. The van der Waals surface area contributed by atoms with Crippen molar-refractivity contribution >= 4 is 11.9 Å². The number of aryl methyl sites for hydroxylation is 1. The quantitative estimate of drug-likeness (QED) is 0.896. The summed E-state index contributed by atoms with van der Waals surface area (Å²) in [6, 6.07) is 1.88. The SMILES string of the molecule is Cc1ccnn1CC(=O)N1CCC([C@@H]2CC[C@H](C(=O)O)O2)CC1. The Labute approximate surface area is 135 Å². The van der Waals surface area contributed by atoms with Crippen molar-refractivity contribution in [3.05, 3.63) is 18.0 Å². The van der Waals surface area contributed by atoms with Gasteiger partial charge in [0.1, 0.15) is 6.54 Å². The third-order valence-electron chi connectivity index (χ3n) is 4.96. The van der Waals surface area contributed by atoms with Crippen LogP contribution in [0.5, 0.6) is 0 Å². The van der Waals surface area contributed by atoms with E-state index in [4.69, 9.17) is 9.84 Å². The van der Waals surface area contributed by atoms with Gasteiger partial charge in [-0.15, -0.1) is 0 Å². The summed E-state index contributed by atoms with van der Waals surface area (Å²) in [4.78, 5) is 25.2. The smallest absolute Gasteiger partial charge is 0.332 e. The first kappa shape index (κ1) is 16.0. The first-order valence-electron chi connectivity index (χ1n) is 8.19. The third-order valence-corrected chi connectivity index (χ3v) is 4.96. The Bertz CT molecular complexity index is 578. The minimum atomic E-state index is -0.866. The molecule has 2 saturated heterocycles. The number of likely N-dealkylation sites (tertiary alicyclic amines) is 1. The number of carboxylic acids is 1. The Hall–Kier alpha value is -1.89. The molecule has 2 fully saturated rings. The maximum Gasteiger partial charge on any atom is 0.332 e. The zero-order chi connectivity index (χ0) is 16.4. The molecule has 1 aromatic heterocycles. The lowest BCUT2D eigenvalue weighted by Gasteiger charge is -2.34. The monoisotopic (exact) mass is 321 g/mol. The second kappa shape index (κ2) is 6.70. The van der Waals surface area contributed by atoms with Gasteiger partial charge in [-0.3, -0.25) is 9.48 Å². The predicted octanol–water partition coefficient (Wildman–Crippen LogP) is 1.06. The second-order valence-electron chi connectivity index (χ2n) is 6.43. The summed E-state index contributed by atoms with van der Waals surface area (Å²) in [5.41, 5.74) is 0.979. The van der Waals surface area contributed by atoms with Crippen LogP contribution < -0.4 is 0 Å². The lowest BCUT2D eigenvalue weighted by atomic mass is 9.89. The second-order valence-corrected chi connectivity index (χ2v) is 6.43. The topological polar surface area (TPSA) is 84.7 Å². The van der Waals surface area contributed by atoms with Gasteiger partial charge in [-0.1, -0.05) is 0 Å². The van der Waals surface area contributed by atoms with E-state index in [0.29, 0.717) is 25.4 Å². The minimum Gasteiger partial charge on any atom is -0.479 e. The molecule has 0 spiro atoms. The molecule has 126 valence electrons. The molecule has 0 aliphatic carbocycles. The largest absolute Gasteiger partial charge is 0.479 e. The number of nitrogens with zero attached hydrogens (tertiary/aromatic N) is 3. The molecule has 2 atom stereocenters. The summed E-state index contributed by atoms with van der Waals surface area (Å²) in [7, 11) is 0. The fourth-order valence-electron chi connectivity index (χ4n) is 3.50. The van der Waals surface area contributed by atoms with E-state index in [0.717, 1.165) is 25.0 Å². The number of carbonyl (C=O) groups excluding carboxylic acids is 1. The van der Waals surface area contributed by atoms with Crippen LogP contribution in [0.25, 0.3) is 0 Å². The van der Waals surface area contributed by atoms with Gasteiger partial charge in [0, 0.05) is 25.0 Å². The summed E-state index contributed by atoms with van der Waals surface area (Å²) >= 11 is 0. The Balaban J connectivity index is 1.48. The number of hydrogen-bond acceptors (Lipinski definition) is 4. The number of carboxylic acid groups (broad SMARTS) is 1. The molecule has 0 radical (unpaired) electrons. The summed E-state index contributed by atoms with van der Waals surface area (Å²) in [5.74, 6) is -0.421. The first-order chi connectivity index (χ1) is 11.0. The lowest BCUT2D eigenvalue weighted by molar-refractivity contribution is -0.151. The summed E-state index contributed by atoms with van der Waals surface area (Å²) in [6.45, 7) is 3.64. The molecule has 3 heterocycles. The number of piperidine rings is 1. The Kier molecular flexibility index (Phi) is 4.66. The van der Waals surface area contributed by atoms with E-state index in [-0.39, 0.29) is 18.6 Å². The maximum atomic E-state index is 12.3. The highest BCUT2D eigenvalue weighted by molar-refractivity contribution is 5.76. The highest BCUT2D eigenvalue weighted by Crippen LogP contribution is 2.31. The molecular weight excluding hydrogens is 298 g/mol. The molecule has 3 rings (SSSR count). The summed E-state index contributed by atoms with van der Waals surface area (Å²) in [6.07, 6.45) is 4.23. The highest BCUT2D eigenvalue weighted by Gasteiger charge is 2.37. The van der Waals surface area contributed by atoms with Gasteiger partial charge in [-0.05, 0) is 44.6 Å². The van der Waals surface area contributed by atoms with Gasteiger partial charge in [-0.25, -0.2) is 4.79 Å². The number of aromatic nitrogens is 2. The normalized spacial score (nSPS) is 25.7. The van der Waals surface area contributed by atoms with Crippen LogP contribution in [0, 0.1) is 12.8 Å². The Morgan fingerprint density at radius 1 is 1.30 bits per heavy atom. The van der Waals surface area contributed by atoms with Crippen molar-refractivity contribution in [3.63, 3.8) is 0 Å². The van der Waals surface area contributed by atoms with E-state index < -0.39 is 12.1 Å². The third kappa shape index (κ3) is 3.55. The molecule has 7 heteroatoms. The van der Waals surface area contributed by atoms with Gasteiger partial charge in [0.15, 0.2) is 6.10 Å². The van der Waals surface area contributed by atoms with E-state index in [1.165, 1.54) is 0 Å². The number of rotatable bonds is 4. The average molecular weight is 321 g/mol. The van der Waals surface area contributed by atoms with Gasteiger partial charge < -0.3 is 14.7 Å². The van der Waals surface area contributed by atoms with E-state index >= 15 is 0 Å². The molecule has 23 heavy (non-hydrogen) atoms. The van der Waals surface area contributed by atoms with Crippen LogP contribution in [0.3, 0.4) is 0 Å². The first-order valence-corrected chi connectivity index (χ1v) is 8.19. The number of carbonyl (C=O) groups is 2. The van der Waals surface area contributed by atoms with Crippen LogP contribution in [0.2, 0.25) is 0 Å². The molecule has 1 aromatic rings. The summed E-state index contributed by atoms with van der Waals surface area (Å²) < 4.78 is 7.36. The van der Waals surface area contributed by atoms with Crippen LogP contribution in [0.15, 0.2) is 12.3 Å². The molecule has 0 bridgehead atoms. The van der Waals surface area contributed by atoms with Crippen LogP contribution in [0.1, 0.15) is 31.4 Å². The Morgan fingerprint density at radius 3 is 2.61 bits per heavy atom. The molecule has 1 amide bonds. The minimum absolute atomic E-state index is 0.0294. The molecule has 7 nitrogen and oxygen atoms in total. The van der Waals surface area contributed by atoms with E-state index in [1.807, 2.05) is 17.9 Å². The van der Waals surface area contributed by atoms with Crippen molar-refractivity contribution in [2.75, 3.05) is 13.1 Å². The van der Waals surface area contributed by atoms with Gasteiger partial charge in [0.2, 0.25) is 5.91 Å². The van der Waals surface area contributed by atoms with Gasteiger partial charge in [0.05, 0.1) is 6.10 Å². The van der Waals surface area contributed by atoms with Crippen molar-refractivity contribution in [1.29, 1.82) is 0 Å². The maximum absolute atomic E-state index is 12.3. The fourth-order valence-corrected chi connectivity index (χ4v) is 3.50. The number of ether oxygens (including phenoxy) is 1. The molecule has 0 unspecified atom stereocenters. The van der Waals surface area contributed by atoms with E-state index in [1.54, 1.807) is 10.9 Å². The van der Waals surface area contributed by atoms with E-state index in [9.17, 15) is 9.59 Å².